The van der Waals surface area contributed by atoms with Crippen LogP contribution in [0.3, 0.4) is 0 Å². The molecule has 70 valence electrons. The van der Waals surface area contributed by atoms with Gasteiger partial charge in [-0.2, -0.15) is 0 Å². The highest BCUT2D eigenvalue weighted by molar-refractivity contribution is 5.99. The Morgan fingerprint density at radius 1 is 1.46 bits per heavy atom. The van der Waals surface area contributed by atoms with E-state index < -0.39 is 0 Å². The van der Waals surface area contributed by atoms with Crippen molar-refractivity contribution in [3.8, 4) is 0 Å². The largest absolute Gasteiger partial charge is 0.411 e. The molecule has 0 radical (unpaired) electrons. The number of hydrogen-bond acceptors (Lipinski definition) is 4. The fourth-order valence-electron chi connectivity index (χ4n) is 1.07. The van der Waals surface area contributed by atoms with Gasteiger partial charge in [0.15, 0.2) is 0 Å². The molecule has 0 aliphatic rings. The van der Waals surface area contributed by atoms with Crippen LogP contribution in [0, 0.1) is 0 Å². The molecular weight excluding hydrogens is 166 g/mol. The third-order valence-corrected chi connectivity index (χ3v) is 1.75. The van der Waals surface area contributed by atoms with Crippen LogP contribution in [0.1, 0.15) is 18.4 Å². The Labute approximate surface area is 77.1 Å². The number of aromatic nitrogens is 1. The van der Waals surface area contributed by atoms with Gasteiger partial charge >= 0.3 is 0 Å². The molecule has 1 aromatic rings. The summed E-state index contributed by atoms with van der Waals surface area (Å²) in [6.45, 7) is 0.601. The Morgan fingerprint density at radius 2 is 2.15 bits per heavy atom. The summed E-state index contributed by atoms with van der Waals surface area (Å²) in [7, 11) is 0. The third-order valence-electron chi connectivity index (χ3n) is 1.75. The van der Waals surface area contributed by atoms with Crippen molar-refractivity contribution in [2.24, 2.45) is 10.9 Å². The van der Waals surface area contributed by atoms with Crippen molar-refractivity contribution in [1.82, 2.24) is 4.98 Å². The zero-order chi connectivity index (χ0) is 9.52. The zero-order valence-corrected chi connectivity index (χ0v) is 7.35. The minimum Gasteiger partial charge on any atom is -0.411 e. The summed E-state index contributed by atoms with van der Waals surface area (Å²) in [5, 5.41) is 12.0. The molecule has 0 saturated carbocycles. The van der Waals surface area contributed by atoms with E-state index in [4.69, 9.17) is 10.9 Å². The van der Waals surface area contributed by atoms with Crippen molar-refractivity contribution in [3.63, 3.8) is 0 Å². The highest BCUT2D eigenvalue weighted by Crippen LogP contribution is 2.04. The first-order valence-corrected chi connectivity index (χ1v) is 4.20. The zero-order valence-electron chi connectivity index (χ0n) is 7.35. The van der Waals surface area contributed by atoms with Gasteiger partial charge in [-0.05, 0) is 31.5 Å². The van der Waals surface area contributed by atoms with E-state index in [9.17, 15) is 0 Å². The van der Waals surface area contributed by atoms with Crippen LogP contribution in [0.25, 0.3) is 0 Å². The monoisotopic (exact) mass is 179 g/mol. The summed E-state index contributed by atoms with van der Waals surface area (Å²) in [4.78, 5) is 3.88. The molecule has 0 bridgehead atoms. The van der Waals surface area contributed by atoms with Gasteiger partial charge in [0.1, 0.15) is 0 Å². The molecule has 0 aliphatic carbocycles. The number of pyridine rings is 1. The minimum atomic E-state index is 0.601. The highest BCUT2D eigenvalue weighted by Gasteiger charge is 2.02. The Hall–Kier alpha value is -1.42. The maximum absolute atomic E-state index is 8.73. The number of nitrogens with zero attached hydrogens (tertiary/aromatic N) is 2. The van der Waals surface area contributed by atoms with Gasteiger partial charge in [-0.25, -0.2) is 0 Å². The van der Waals surface area contributed by atoms with Gasteiger partial charge in [-0.3, -0.25) is 4.98 Å². The molecule has 1 heterocycles. The van der Waals surface area contributed by atoms with E-state index in [2.05, 4.69) is 10.1 Å². The lowest BCUT2D eigenvalue weighted by atomic mass is 10.1. The number of rotatable bonds is 4. The van der Waals surface area contributed by atoms with Gasteiger partial charge in [0.2, 0.25) is 0 Å². The average Bonchev–Trinajstić information content (AvgIpc) is 2.21. The van der Waals surface area contributed by atoms with Crippen molar-refractivity contribution in [3.05, 3.63) is 30.1 Å². The van der Waals surface area contributed by atoms with Gasteiger partial charge in [0, 0.05) is 18.0 Å². The lowest BCUT2D eigenvalue weighted by Gasteiger charge is -2.02. The third kappa shape index (κ3) is 2.83. The number of nitrogens with two attached hydrogens (primary N) is 1. The van der Waals surface area contributed by atoms with Crippen LogP contribution in [0.15, 0.2) is 29.7 Å². The summed E-state index contributed by atoms with van der Waals surface area (Å²) in [5.41, 5.74) is 6.92. The maximum Gasteiger partial charge on any atom is 0.0869 e. The van der Waals surface area contributed by atoms with E-state index in [1.807, 2.05) is 12.1 Å². The van der Waals surface area contributed by atoms with Crippen molar-refractivity contribution in [1.29, 1.82) is 0 Å². The summed E-state index contributed by atoms with van der Waals surface area (Å²) < 4.78 is 0. The maximum atomic E-state index is 8.73. The predicted molar refractivity (Wildman–Crippen MR) is 50.8 cm³/mol. The fraction of sp³-hybridized carbons (Fsp3) is 0.333. The topological polar surface area (TPSA) is 71.5 Å². The standard InChI is InChI=1S/C9H13N3O/c10-5-1-2-9(12-13)8-3-6-11-7-4-8/h3-4,6-7,13H,1-2,5,10H2. The summed E-state index contributed by atoms with van der Waals surface area (Å²) in [6.07, 6.45) is 4.85. The molecule has 3 N–H and O–H groups in total. The Bertz CT molecular complexity index is 271. The van der Waals surface area contributed by atoms with E-state index >= 15 is 0 Å². The molecule has 0 fully saturated rings. The molecule has 4 nitrogen and oxygen atoms in total. The summed E-state index contributed by atoms with van der Waals surface area (Å²) >= 11 is 0. The lowest BCUT2D eigenvalue weighted by Crippen LogP contribution is -2.06. The van der Waals surface area contributed by atoms with E-state index in [1.54, 1.807) is 12.4 Å². The van der Waals surface area contributed by atoms with Gasteiger partial charge < -0.3 is 10.9 Å². The molecule has 0 atom stereocenters. The second-order valence-electron chi connectivity index (χ2n) is 2.67. The Kier molecular flexibility index (Phi) is 3.92. The van der Waals surface area contributed by atoms with Crippen LogP contribution < -0.4 is 5.73 Å². The number of hydrogen-bond donors (Lipinski definition) is 2. The first-order valence-electron chi connectivity index (χ1n) is 4.20. The molecule has 1 aromatic heterocycles. The lowest BCUT2D eigenvalue weighted by molar-refractivity contribution is 0.318. The fourth-order valence-corrected chi connectivity index (χ4v) is 1.07. The van der Waals surface area contributed by atoms with Crippen LogP contribution in [-0.2, 0) is 0 Å². The van der Waals surface area contributed by atoms with E-state index in [0.717, 1.165) is 12.0 Å². The molecule has 0 aliphatic heterocycles. The van der Waals surface area contributed by atoms with Gasteiger partial charge in [-0.15, -0.1) is 0 Å². The van der Waals surface area contributed by atoms with E-state index in [0.29, 0.717) is 18.7 Å². The smallest absolute Gasteiger partial charge is 0.0869 e. The Balaban J connectivity index is 2.69. The predicted octanol–water partition coefficient (Wildman–Crippen LogP) is 0.999. The van der Waals surface area contributed by atoms with E-state index in [1.165, 1.54) is 0 Å². The molecule has 13 heavy (non-hydrogen) atoms. The molecule has 0 aromatic carbocycles. The average molecular weight is 179 g/mol. The SMILES string of the molecule is NCCCC(=NO)c1ccncc1. The molecule has 0 saturated heterocycles. The van der Waals surface area contributed by atoms with Crippen LogP contribution in [0.4, 0.5) is 0 Å². The van der Waals surface area contributed by atoms with Crippen LogP contribution in [-0.4, -0.2) is 22.4 Å². The van der Waals surface area contributed by atoms with Crippen LogP contribution in [0.5, 0.6) is 0 Å². The summed E-state index contributed by atoms with van der Waals surface area (Å²) in [6, 6.07) is 3.62. The molecule has 0 unspecified atom stereocenters. The van der Waals surface area contributed by atoms with Gasteiger partial charge in [0.05, 0.1) is 5.71 Å². The van der Waals surface area contributed by atoms with Crippen molar-refractivity contribution >= 4 is 5.71 Å². The van der Waals surface area contributed by atoms with Crippen molar-refractivity contribution in [2.75, 3.05) is 6.54 Å². The van der Waals surface area contributed by atoms with Crippen LogP contribution in [0.2, 0.25) is 0 Å². The van der Waals surface area contributed by atoms with E-state index in [-0.39, 0.29) is 0 Å². The second kappa shape index (κ2) is 5.27. The summed E-state index contributed by atoms with van der Waals surface area (Å²) in [5.74, 6) is 0. The van der Waals surface area contributed by atoms with Crippen molar-refractivity contribution < 1.29 is 5.21 Å². The quantitative estimate of drug-likeness (QED) is 0.411. The first-order chi connectivity index (χ1) is 6.38. The first kappa shape index (κ1) is 9.67. The molecule has 0 spiro atoms. The van der Waals surface area contributed by atoms with Gasteiger partial charge in [0.25, 0.3) is 0 Å². The van der Waals surface area contributed by atoms with Crippen LogP contribution >= 0.6 is 0 Å². The molecular formula is C9H13N3O. The molecule has 1 rings (SSSR count). The number of oxime groups is 1. The van der Waals surface area contributed by atoms with Crippen molar-refractivity contribution in [2.45, 2.75) is 12.8 Å². The molecule has 0 amide bonds. The van der Waals surface area contributed by atoms with Gasteiger partial charge in [-0.1, -0.05) is 5.16 Å². The molecule has 4 heteroatoms. The minimum absolute atomic E-state index is 0.601. The normalized spacial score (nSPS) is 11.6. The highest BCUT2D eigenvalue weighted by atomic mass is 16.4. The second-order valence-corrected chi connectivity index (χ2v) is 2.67. The Morgan fingerprint density at radius 3 is 2.69 bits per heavy atom.